The van der Waals surface area contributed by atoms with Gasteiger partial charge in [-0.1, -0.05) is 24.3 Å². The molecule has 166 valence electrons. The van der Waals surface area contributed by atoms with Crippen molar-refractivity contribution >= 4 is 17.5 Å². The second kappa shape index (κ2) is 10.8. The minimum atomic E-state index is -0.381. The molecule has 3 aromatic rings. The largest absolute Gasteiger partial charge is 0.495 e. The molecule has 0 aromatic heterocycles. The van der Waals surface area contributed by atoms with Crippen molar-refractivity contribution in [1.82, 2.24) is 5.32 Å². The average molecular weight is 438 g/mol. The number of methoxy groups -OCH3 is 2. The first-order chi connectivity index (χ1) is 15.5. The smallest absolute Gasteiger partial charge is 0.262 e. The first kappa shape index (κ1) is 22.6. The predicted octanol–water partition coefficient (Wildman–Crippen LogP) is 3.79. The lowest BCUT2D eigenvalue weighted by molar-refractivity contribution is -0.118. The molecule has 0 heterocycles. The quantitative estimate of drug-likeness (QED) is 0.531. The van der Waals surface area contributed by atoms with Crippen LogP contribution in [0.15, 0.2) is 66.7 Å². The second-order valence-corrected chi connectivity index (χ2v) is 6.72. The highest BCUT2D eigenvalue weighted by Gasteiger charge is 2.13. The summed E-state index contributed by atoms with van der Waals surface area (Å²) in [7, 11) is 2.95. The van der Waals surface area contributed by atoms with E-state index in [0.29, 0.717) is 34.1 Å². The Hall–Kier alpha value is -4.07. The highest BCUT2D eigenvalue weighted by molar-refractivity contribution is 5.95. The lowest BCUT2D eigenvalue weighted by atomic mass is 10.1. The summed E-state index contributed by atoms with van der Waals surface area (Å²) in [5.74, 6) is 0.0426. The van der Waals surface area contributed by atoms with Gasteiger partial charge in [0.2, 0.25) is 0 Å². The van der Waals surface area contributed by atoms with Gasteiger partial charge in [-0.2, -0.15) is 0 Å². The number of anilines is 1. The molecule has 0 aliphatic carbocycles. The molecule has 2 amide bonds. The first-order valence-electron chi connectivity index (χ1n) is 9.76. The molecule has 0 saturated heterocycles. The zero-order valence-electron chi connectivity index (χ0n) is 17.7. The SMILES string of the molecule is COc1ccccc1NC(=O)COc1ccc(C(=O)NCc2cccc(F)c2)cc1OC. The summed E-state index contributed by atoms with van der Waals surface area (Å²) in [5, 5.41) is 5.44. The second-order valence-electron chi connectivity index (χ2n) is 6.72. The van der Waals surface area contributed by atoms with Crippen LogP contribution in [0.3, 0.4) is 0 Å². The summed E-state index contributed by atoms with van der Waals surface area (Å²) >= 11 is 0. The first-order valence-corrected chi connectivity index (χ1v) is 9.76. The van der Waals surface area contributed by atoms with E-state index in [9.17, 15) is 14.0 Å². The van der Waals surface area contributed by atoms with Gasteiger partial charge in [-0.05, 0) is 48.0 Å². The molecule has 7 nitrogen and oxygen atoms in total. The molecule has 0 aliphatic rings. The maximum atomic E-state index is 13.3. The van der Waals surface area contributed by atoms with Crippen molar-refractivity contribution in [2.45, 2.75) is 6.54 Å². The minimum Gasteiger partial charge on any atom is -0.495 e. The zero-order chi connectivity index (χ0) is 22.9. The third-order valence-corrected chi connectivity index (χ3v) is 4.51. The molecule has 0 atom stereocenters. The molecule has 0 radical (unpaired) electrons. The Bertz CT molecular complexity index is 1100. The van der Waals surface area contributed by atoms with Gasteiger partial charge >= 0.3 is 0 Å². The topological polar surface area (TPSA) is 85.9 Å². The van der Waals surface area contributed by atoms with E-state index in [4.69, 9.17) is 14.2 Å². The Morgan fingerprint density at radius 3 is 2.41 bits per heavy atom. The summed E-state index contributed by atoms with van der Waals surface area (Å²) in [6.07, 6.45) is 0. The van der Waals surface area contributed by atoms with Gasteiger partial charge in [0.1, 0.15) is 11.6 Å². The Balaban J connectivity index is 1.59. The number of hydrogen-bond acceptors (Lipinski definition) is 5. The number of carbonyl (C=O) groups excluding carboxylic acids is 2. The summed E-state index contributed by atoms with van der Waals surface area (Å²) in [6.45, 7) is -0.0835. The maximum absolute atomic E-state index is 13.3. The molecule has 2 N–H and O–H groups in total. The van der Waals surface area contributed by atoms with Gasteiger partial charge in [0, 0.05) is 12.1 Å². The van der Waals surface area contributed by atoms with Crippen molar-refractivity contribution in [2.75, 3.05) is 26.1 Å². The van der Waals surface area contributed by atoms with E-state index in [0.717, 1.165) is 0 Å². The Kier molecular flexibility index (Phi) is 7.64. The van der Waals surface area contributed by atoms with Gasteiger partial charge in [-0.3, -0.25) is 9.59 Å². The van der Waals surface area contributed by atoms with Gasteiger partial charge in [0.05, 0.1) is 19.9 Å². The number of hydrogen-bond donors (Lipinski definition) is 2. The summed E-state index contributed by atoms with van der Waals surface area (Å²) in [5.41, 5.74) is 1.51. The van der Waals surface area contributed by atoms with Crippen LogP contribution in [0.5, 0.6) is 17.2 Å². The number of ether oxygens (including phenoxy) is 3. The Labute approximate surface area is 185 Å². The molecule has 0 unspecified atom stereocenters. The van der Waals surface area contributed by atoms with Crippen molar-refractivity contribution in [3.05, 3.63) is 83.7 Å². The fourth-order valence-electron chi connectivity index (χ4n) is 2.94. The van der Waals surface area contributed by atoms with E-state index >= 15 is 0 Å². The van der Waals surface area contributed by atoms with Crippen molar-refractivity contribution < 1.29 is 28.2 Å². The average Bonchev–Trinajstić information content (AvgIpc) is 2.81. The van der Waals surface area contributed by atoms with Crippen LogP contribution in [0.25, 0.3) is 0 Å². The molecule has 0 bridgehead atoms. The number of halogens is 1. The molecule has 8 heteroatoms. The van der Waals surface area contributed by atoms with Gasteiger partial charge in [-0.15, -0.1) is 0 Å². The van der Waals surface area contributed by atoms with E-state index in [2.05, 4.69) is 10.6 Å². The molecule has 0 fully saturated rings. The number of amides is 2. The number of nitrogens with one attached hydrogen (secondary N) is 2. The normalized spacial score (nSPS) is 10.2. The van der Waals surface area contributed by atoms with Gasteiger partial charge in [-0.25, -0.2) is 4.39 Å². The van der Waals surface area contributed by atoms with Gasteiger partial charge in [0.25, 0.3) is 11.8 Å². The van der Waals surface area contributed by atoms with E-state index in [1.807, 2.05) is 0 Å². The van der Waals surface area contributed by atoms with Gasteiger partial charge < -0.3 is 24.8 Å². The number of benzene rings is 3. The van der Waals surface area contributed by atoms with Crippen molar-refractivity contribution in [1.29, 1.82) is 0 Å². The highest BCUT2D eigenvalue weighted by Crippen LogP contribution is 2.28. The molecular weight excluding hydrogens is 415 g/mol. The van der Waals surface area contributed by atoms with Crippen molar-refractivity contribution in [2.24, 2.45) is 0 Å². The highest BCUT2D eigenvalue weighted by atomic mass is 19.1. The standard InChI is InChI=1S/C24H23FN2O5/c1-30-20-9-4-3-8-19(20)27-23(28)15-32-21-11-10-17(13-22(21)31-2)24(29)26-14-16-6-5-7-18(25)12-16/h3-13H,14-15H2,1-2H3,(H,26,29)(H,27,28). The van der Waals surface area contributed by atoms with Crippen LogP contribution >= 0.6 is 0 Å². The fraction of sp³-hybridized carbons (Fsp3) is 0.167. The fourth-order valence-corrected chi connectivity index (χ4v) is 2.94. The van der Waals surface area contributed by atoms with E-state index in [1.54, 1.807) is 48.5 Å². The lowest BCUT2D eigenvalue weighted by Gasteiger charge is -2.13. The Morgan fingerprint density at radius 1 is 0.875 bits per heavy atom. The number of rotatable bonds is 9. The summed E-state index contributed by atoms with van der Waals surface area (Å²) in [4.78, 5) is 24.7. The predicted molar refractivity (Wildman–Crippen MR) is 118 cm³/mol. The van der Waals surface area contributed by atoms with Crippen molar-refractivity contribution in [3.63, 3.8) is 0 Å². The van der Waals surface area contributed by atoms with Crippen molar-refractivity contribution in [3.8, 4) is 17.2 Å². The van der Waals surface area contributed by atoms with Gasteiger partial charge in [0.15, 0.2) is 18.1 Å². The number of para-hydroxylation sites is 2. The molecule has 3 rings (SSSR count). The van der Waals surface area contributed by atoms with Crippen LogP contribution in [0.1, 0.15) is 15.9 Å². The molecule has 0 saturated carbocycles. The van der Waals surface area contributed by atoms with Crippen LogP contribution in [-0.2, 0) is 11.3 Å². The van der Waals surface area contributed by atoms with Crippen LogP contribution in [0.4, 0.5) is 10.1 Å². The minimum absolute atomic E-state index is 0.181. The lowest BCUT2D eigenvalue weighted by Crippen LogP contribution is -2.23. The summed E-state index contributed by atoms with van der Waals surface area (Å²) < 4.78 is 29.3. The summed E-state index contributed by atoms with van der Waals surface area (Å²) in [6, 6.07) is 17.6. The third kappa shape index (κ3) is 5.98. The molecule has 32 heavy (non-hydrogen) atoms. The monoisotopic (exact) mass is 438 g/mol. The molecule has 3 aromatic carbocycles. The number of carbonyl (C=O) groups is 2. The molecular formula is C24H23FN2O5. The van der Waals surface area contributed by atoms with Crippen LogP contribution in [0, 0.1) is 5.82 Å². The Morgan fingerprint density at radius 2 is 1.66 bits per heavy atom. The maximum Gasteiger partial charge on any atom is 0.262 e. The molecule has 0 aliphatic heterocycles. The van der Waals surface area contributed by atoms with E-state index in [-0.39, 0.29) is 30.8 Å². The van der Waals surface area contributed by atoms with E-state index in [1.165, 1.54) is 32.4 Å². The van der Waals surface area contributed by atoms with Crippen LogP contribution in [-0.4, -0.2) is 32.6 Å². The van der Waals surface area contributed by atoms with Crippen LogP contribution < -0.4 is 24.8 Å². The van der Waals surface area contributed by atoms with Crippen LogP contribution in [0.2, 0.25) is 0 Å². The zero-order valence-corrected chi connectivity index (χ0v) is 17.7. The van der Waals surface area contributed by atoms with E-state index < -0.39 is 0 Å². The third-order valence-electron chi connectivity index (χ3n) is 4.51. The molecule has 0 spiro atoms.